The fraction of sp³-hybridized carbons (Fsp3) is 0.615. The van der Waals surface area contributed by atoms with Crippen LogP contribution in [0.4, 0.5) is 5.95 Å². The molecule has 0 radical (unpaired) electrons. The van der Waals surface area contributed by atoms with E-state index >= 15 is 0 Å². The Morgan fingerprint density at radius 3 is 2.30 bits per heavy atom. The molecule has 0 aromatic carbocycles. The lowest BCUT2D eigenvalue weighted by Crippen LogP contribution is -2.37. The Hall–Kier alpha value is -2.05. The van der Waals surface area contributed by atoms with E-state index < -0.39 is 17.3 Å². The van der Waals surface area contributed by atoms with Gasteiger partial charge in [-0.05, 0) is 26.7 Å². The van der Waals surface area contributed by atoms with Crippen LogP contribution in [-0.4, -0.2) is 32.2 Å². The highest BCUT2D eigenvalue weighted by Crippen LogP contribution is 2.31. The fourth-order valence-electron chi connectivity index (χ4n) is 1.54. The minimum absolute atomic E-state index is 0.0922. The Labute approximate surface area is 117 Å². The third kappa shape index (κ3) is 3.49. The topological polar surface area (TPSA) is 105 Å². The Kier molecular flexibility index (Phi) is 4.75. The molecule has 110 valence electrons. The highest BCUT2D eigenvalue weighted by Gasteiger charge is 2.38. The number of hydrogen-bond donors (Lipinski definition) is 2. The van der Waals surface area contributed by atoms with E-state index in [9.17, 15) is 14.7 Å². The Morgan fingerprint density at radius 2 is 1.85 bits per heavy atom. The maximum absolute atomic E-state index is 12.0. The normalized spacial score (nSPS) is 13.9. The van der Waals surface area contributed by atoms with Gasteiger partial charge in [0.1, 0.15) is 0 Å². The van der Waals surface area contributed by atoms with Gasteiger partial charge < -0.3 is 5.11 Å². The summed E-state index contributed by atoms with van der Waals surface area (Å²) in [6.07, 6.45) is -0.143. The smallest absolute Gasteiger partial charge is 0.310 e. The number of hydrogen-bond acceptors (Lipinski definition) is 5. The Bertz CT molecular complexity index is 530. The standard InChI is InChI=1S/C13H20N4O3/c1-7(2)13(5,11(19)20)6-10(18)15-12-14-8(3)9(4)16-17-12/h7H,6H2,1-5H3,(H,19,20)(H,14,15,17,18). The van der Waals surface area contributed by atoms with Gasteiger partial charge in [-0.2, -0.15) is 5.10 Å². The molecule has 0 aliphatic carbocycles. The number of nitrogens with one attached hydrogen (secondary N) is 1. The van der Waals surface area contributed by atoms with Crippen molar-refractivity contribution in [3.05, 3.63) is 11.4 Å². The molecule has 0 aliphatic rings. The van der Waals surface area contributed by atoms with Crippen molar-refractivity contribution in [1.82, 2.24) is 15.2 Å². The van der Waals surface area contributed by atoms with Gasteiger partial charge in [0.25, 0.3) is 0 Å². The van der Waals surface area contributed by atoms with Gasteiger partial charge >= 0.3 is 5.97 Å². The van der Waals surface area contributed by atoms with Gasteiger partial charge in [-0.15, -0.1) is 5.10 Å². The Balaban J connectivity index is 2.81. The second kappa shape index (κ2) is 5.94. The molecule has 20 heavy (non-hydrogen) atoms. The summed E-state index contributed by atoms with van der Waals surface area (Å²) in [6, 6.07) is 0. The van der Waals surface area contributed by atoms with Crippen LogP contribution >= 0.6 is 0 Å². The molecule has 1 unspecified atom stereocenters. The second-order valence-corrected chi connectivity index (χ2v) is 5.41. The highest BCUT2D eigenvalue weighted by atomic mass is 16.4. The minimum atomic E-state index is -1.13. The van der Waals surface area contributed by atoms with Crippen molar-refractivity contribution in [2.75, 3.05) is 5.32 Å². The number of amides is 1. The monoisotopic (exact) mass is 280 g/mol. The van der Waals surface area contributed by atoms with Crippen LogP contribution in [0.15, 0.2) is 0 Å². The molecule has 0 bridgehead atoms. The lowest BCUT2D eigenvalue weighted by Gasteiger charge is -2.28. The van der Waals surface area contributed by atoms with Crippen molar-refractivity contribution >= 4 is 17.8 Å². The van der Waals surface area contributed by atoms with Crippen molar-refractivity contribution in [2.24, 2.45) is 11.3 Å². The summed E-state index contributed by atoms with van der Waals surface area (Å²) >= 11 is 0. The van der Waals surface area contributed by atoms with Crippen LogP contribution in [0.1, 0.15) is 38.6 Å². The molecule has 1 aromatic heterocycles. The number of rotatable bonds is 5. The summed E-state index contributed by atoms with van der Waals surface area (Å²) in [6.45, 7) is 8.63. The minimum Gasteiger partial charge on any atom is -0.481 e. The predicted molar refractivity (Wildman–Crippen MR) is 73.1 cm³/mol. The lowest BCUT2D eigenvalue weighted by molar-refractivity contribution is -0.153. The van der Waals surface area contributed by atoms with E-state index in [1.165, 1.54) is 0 Å². The average molecular weight is 280 g/mol. The SMILES string of the molecule is Cc1nnc(NC(=O)CC(C)(C(=O)O)C(C)C)nc1C. The predicted octanol–water partition coefficient (Wildman–Crippen LogP) is 1.56. The molecule has 1 rings (SSSR count). The maximum Gasteiger partial charge on any atom is 0.310 e. The number of aryl methyl sites for hydroxylation is 2. The van der Waals surface area contributed by atoms with Crippen LogP contribution in [0.25, 0.3) is 0 Å². The second-order valence-electron chi connectivity index (χ2n) is 5.41. The molecule has 0 spiro atoms. The molecule has 1 aromatic rings. The van der Waals surface area contributed by atoms with Crippen LogP contribution in [0.2, 0.25) is 0 Å². The number of carbonyl (C=O) groups excluding carboxylic acids is 1. The molecule has 0 fully saturated rings. The third-order valence-electron chi connectivity index (χ3n) is 3.63. The van der Waals surface area contributed by atoms with E-state index in [0.29, 0.717) is 11.4 Å². The van der Waals surface area contributed by atoms with E-state index in [-0.39, 0.29) is 18.3 Å². The first-order valence-electron chi connectivity index (χ1n) is 6.38. The largest absolute Gasteiger partial charge is 0.481 e. The molecule has 1 atom stereocenters. The van der Waals surface area contributed by atoms with Crippen LogP contribution in [0.5, 0.6) is 0 Å². The molecular weight excluding hydrogens is 260 g/mol. The first-order chi connectivity index (χ1) is 9.16. The molecule has 1 amide bonds. The van der Waals surface area contributed by atoms with Gasteiger partial charge in [-0.3, -0.25) is 14.9 Å². The summed E-state index contributed by atoms with van der Waals surface area (Å²) in [4.78, 5) is 27.4. The number of carbonyl (C=O) groups is 2. The zero-order valence-electron chi connectivity index (χ0n) is 12.4. The fourth-order valence-corrected chi connectivity index (χ4v) is 1.54. The average Bonchev–Trinajstić information content (AvgIpc) is 2.33. The van der Waals surface area contributed by atoms with Crippen molar-refractivity contribution < 1.29 is 14.7 Å². The van der Waals surface area contributed by atoms with Crippen molar-refractivity contribution in [3.8, 4) is 0 Å². The highest BCUT2D eigenvalue weighted by molar-refractivity contribution is 5.92. The van der Waals surface area contributed by atoms with E-state index in [4.69, 9.17) is 0 Å². The first-order valence-corrected chi connectivity index (χ1v) is 6.38. The Morgan fingerprint density at radius 1 is 1.25 bits per heavy atom. The number of carboxylic acids is 1. The summed E-state index contributed by atoms with van der Waals surface area (Å²) in [5, 5.41) is 19.4. The van der Waals surface area contributed by atoms with Gasteiger partial charge in [-0.25, -0.2) is 4.98 Å². The lowest BCUT2D eigenvalue weighted by atomic mass is 9.76. The molecule has 0 saturated carbocycles. The number of carboxylic acid groups (broad SMARTS) is 1. The molecule has 2 N–H and O–H groups in total. The molecular formula is C13H20N4O3. The quantitative estimate of drug-likeness (QED) is 0.848. The van der Waals surface area contributed by atoms with Gasteiger partial charge in [0.2, 0.25) is 11.9 Å². The van der Waals surface area contributed by atoms with Crippen molar-refractivity contribution in [2.45, 2.75) is 41.0 Å². The number of nitrogens with zero attached hydrogens (tertiary/aromatic N) is 3. The molecule has 7 nitrogen and oxygen atoms in total. The summed E-state index contributed by atoms with van der Waals surface area (Å²) in [5.41, 5.74) is 0.220. The first kappa shape index (κ1) is 16.0. The molecule has 7 heteroatoms. The third-order valence-corrected chi connectivity index (χ3v) is 3.63. The summed E-state index contributed by atoms with van der Waals surface area (Å²) in [7, 11) is 0. The number of aliphatic carboxylic acids is 1. The van der Waals surface area contributed by atoms with E-state index in [0.717, 1.165) is 0 Å². The van der Waals surface area contributed by atoms with Crippen LogP contribution in [0.3, 0.4) is 0 Å². The van der Waals surface area contributed by atoms with E-state index in [1.54, 1.807) is 34.6 Å². The molecule has 1 heterocycles. The number of aromatic nitrogens is 3. The summed E-state index contributed by atoms with van der Waals surface area (Å²) in [5.74, 6) is -1.52. The van der Waals surface area contributed by atoms with Crippen LogP contribution in [0, 0.1) is 25.2 Å². The van der Waals surface area contributed by atoms with Gasteiger partial charge in [0.15, 0.2) is 0 Å². The maximum atomic E-state index is 12.0. The van der Waals surface area contributed by atoms with Crippen molar-refractivity contribution in [1.29, 1.82) is 0 Å². The van der Waals surface area contributed by atoms with Gasteiger partial charge in [0.05, 0.1) is 16.8 Å². The van der Waals surface area contributed by atoms with Gasteiger partial charge in [-0.1, -0.05) is 13.8 Å². The van der Waals surface area contributed by atoms with E-state index in [2.05, 4.69) is 20.5 Å². The van der Waals surface area contributed by atoms with E-state index in [1.807, 2.05) is 0 Å². The molecule has 0 saturated heterocycles. The summed E-state index contributed by atoms with van der Waals surface area (Å²) < 4.78 is 0. The van der Waals surface area contributed by atoms with Crippen LogP contribution < -0.4 is 5.32 Å². The van der Waals surface area contributed by atoms with Crippen molar-refractivity contribution in [3.63, 3.8) is 0 Å². The van der Waals surface area contributed by atoms with Crippen LogP contribution in [-0.2, 0) is 9.59 Å². The van der Waals surface area contributed by atoms with Gasteiger partial charge in [0, 0.05) is 6.42 Å². The molecule has 0 aliphatic heterocycles. The number of anilines is 1. The zero-order valence-corrected chi connectivity index (χ0v) is 12.4. The zero-order chi connectivity index (χ0) is 15.5.